The number of H-pyrrole nitrogens is 2. The number of amides is 2. The molecule has 0 aliphatic carbocycles. The molecular formula is C14H15ClN6O2. The first kappa shape index (κ1) is 15.3. The second-order valence-corrected chi connectivity index (χ2v) is 5.58. The third-order valence-corrected chi connectivity index (χ3v) is 3.68. The van der Waals surface area contributed by atoms with Crippen molar-refractivity contribution in [2.24, 2.45) is 0 Å². The number of rotatable bonds is 3. The molecule has 0 aliphatic rings. The van der Waals surface area contributed by atoms with E-state index in [1.165, 1.54) is 4.90 Å². The van der Waals surface area contributed by atoms with E-state index >= 15 is 0 Å². The first-order valence-electron chi connectivity index (χ1n) is 6.81. The number of hydrogen-bond donors (Lipinski definition) is 4. The molecule has 0 aliphatic heterocycles. The molecule has 120 valence electrons. The summed E-state index contributed by atoms with van der Waals surface area (Å²) >= 11 is 6.08. The van der Waals surface area contributed by atoms with Crippen molar-refractivity contribution < 1.29 is 9.90 Å². The second kappa shape index (κ2) is 5.90. The first-order valence-corrected chi connectivity index (χ1v) is 7.19. The molecule has 0 unspecified atom stereocenters. The first-order chi connectivity index (χ1) is 11.0. The lowest BCUT2D eigenvalue weighted by molar-refractivity contribution is 0.230. The molecule has 1 aromatic carbocycles. The zero-order valence-corrected chi connectivity index (χ0v) is 13.3. The number of halogens is 1. The summed E-state index contributed by atoms with van der Waals surface area (Å²) in [6, 6.07) is 3.14. The highest BCUT2D eigenvalue weighted by atomic mass is 35.5. The minimum atomic E-state index is -0.269. The van der Waals surface area contributed by atoms with Crippen molar-refractivity contribution in [3.63, 3.8) is 0 Å². The van der Waals surface area contributed by atoms with Gasteiger partial charge in [-0.2, -0.15) is 5.10 Å². The number of nitrogens with one attached hydrogen (secondary N) is 3. The molecule has 0 radical (unpaired) electrons. The monoisotopic (exact) mass is 334 g/mol. The lowest BCUT2D eigenvalue weighted by Gasteiger charge is -2.10. The number of aliphatic hydroxyl groups is 1. The topological polar surface area (TPSA) is 110 Å². The maximum atomic E-state index is 11.8. The molecule has 8 nitrogen and oxygen atoms in total. The number of aliphatic hydroxyl groups excluding tert-OH is 1. The van der Waals surface area contributed by atoms with E-state index in [-0.39, 0.29) is 12.6 Å². The van der Waals surface area contributed by atoms with Crippen LogP contribution >= 0.6 is 11.6 Å². The van der Waals surface area contributed by atoms with Crippen molar-refractivity contribution in [2.45, 2.75) is 6.61 Å². The summed E-state index contributed by atoms with van der Waals surface area (Å²) in [6.45, 7) is -0.163. The Labute approximate surface area is 136 Å². The van der Waals surface area contributed by atoms with Crippen LogP contribution in [0.1, 0.15) is 5.56 Å². The van der Waals surface area contributed by atoms with Gasteiger partial charge >= 0.3 is 6.03 Å². The Hall–Kier alpha value is -2.58. The SMILES string of the molecule is CN(C)C(=O)Nc1c[nH]nc1-c1nc2cc(CO)c(Cl)cc2[nH]1. The normalized spacial score (nSPS) is 11.0. The smallest absolute Gasteiger partial charge is 0.321 e. The fourth-order valence-electron chi connectivity index (χ4n) is 2.10. The molecule has 0 spiro atoms. The molecule has 2 aromatic heterocycles. The maximum Gasteiger partial charge on any atom is 0.321 e. The van der Waals surface area contributed by atoms with Gasteiger partial charge in [0, 0.05) is 25.3 Å². The number of hydrogen-bond acceptors (Lipinski definition) is 4. The molecule has 2 heterocycles. The summed E-state index contributed by atoms with van der Waals surface area (Å²) in [5.41, 5.74) is 2.96. The number of fused-ring (bicyclic) bond motifs is 1. The quantitative estimate of drug-likeness (QED) is 0.588. The number of carbonyl (C=O) groups is 1. The van der Waals surface area contributed by atoms with E-state index in [4.69, 9.17) is 11.6 Å². The highest BCUT2D eigenvalue weighted by molar-refractivity contribution is 6.32. The summed E-state index contributed by atoms with van der Waals surface area (Å²) in [4.78, 5) is 20.8. The number of urea groups is 1. The van der Waals surface area contributed by atoms with Crippen molar-refractivity contribution in [3.05, 3.63) is 28.9 Å². The van der Waals surface area contributed by atoms with E-state index in [1.54, 1.807) is 32.4 Å². The Kier molecular flexibility index (Phi) is 3.93. The summed E-state index contributed by atoms with van der Waals surface area (Å²) in [5.74, 6) is 0.487. The lowest BCUT2D eigenvalue weighted by Crippen LogP contribution is -2.27. The molecule has 3 rings (SSSR count). The van der Waals surface area contributed by atoms with Crippen LogP contribution in [0.3, 0.4) is 0 Å². The molecule has 2 amide bonds. The number of benzene rings is 1. The van der Waals surface area contributed by atoms with E-state index < -0.39 is 0 Å². The van der Waals surface area contributed by atoms with Crippen LogP contribution < -0.4 is 5.32 Å². The Bertz CT molecular complexity index is 869. The number of aromatic nitrogens is 4. The molecule has 0 fully saturated rings. The van der Waals surface area contributed by atoms with Gasteiger partial charge in [0.25, 0.3) is 0 Å². The van der Waals surface area contributed by atoms with Gasteiger partial charge in [0.1, 0.15) is 0 Å². The Morgan fingerprint density at radius 1 is 1.43 bits per heavy atom. The zero-order valence-electron chi connectivity index (χ0n) is 12.5. The van der Waals surface area contributed by atoms with Gasteiger partial charge in [-0.05, 0) is 17.7 Å². The minimum absolute atomic E-state index is 0.163. The fraction of sp³-hybridized carbons (Fsp3) is 0.214. The summed E-state index contributed by atoms with van der Waals surface area (Å²) in [6.07, 6.45) is 1.58. The van der Waals surface area contributed by atoms with E-state index in [1.807, 2.05) is 0 Å². The van der Waals surface area contributed by atoms with E-state index in [0.717, 1.165) is 5.52 Å². The maximum absolute atomic E-state index is 11.8. The van der Waals surface area contributed by atoms with Gasteiger partial charge in [0.2, 0.25) is 0 Å². The van der Waals surface area contributed by atoms with E-state index in [0.29, 0.717) is 33.3 Å². The van der Waals surface area contributed by atoms with Crippen molar-refractivity contribution in [1.29, 1.82) is 0 Å². The van der Waals surface area contributed by atoms with Crippen LogP contribution in [0.5, 0.6) is 0 Å². The van der Waals surface area contributed by atoms with Crippen LogP contribution in [-0.2, 0) is 6.61 Å². The van der Waals surface area contributed by atoms with E-state index in [9.17, 15) is 9.90 Å². The number of aromatic amines is 2. The number of imidazole rings is 1. The van der Waals surface area contributed by atoms with Gasteiger partial charge in [-0.15, -0.1) is 0 Å². The van der Waals surface area contributed by atoms with Crippen LogP contribution in [-0.4, -0.2) is 50.3 Å². The molecule has 3 aromatic rings. The lowest BCUT2D eigenvalue weighted by atomic mass is 10.2. The highest BCUT2D eigenvalue weighted by Crippen LogP contribution is 2.28. The number of carbonyl (C=O) groups excluding carboxylic acids is 1. The van der Waals surface area contributed by atoms with Crippen molar-refractivity contribution >= 4 is 34.4 Å². The summed E-state index contributed by atoms with van der Waals surface area (Å²) in [7, 11) is 3.30. The van der Waals surface area contributed by atoms with E-state index in [2.05, 4.69) is 25.5 Å². The van der Waals surface area contributed by atoms with Crippen molar-refractivity contribution in [1.82, 2.24) is 25.1 Å². The molecule has 4 N–H and O–H groups in total. The molecular weight excluding hydrogens is 320 g/mol. The van der Waals surface area contributed by atoms with Gasteiger partial charge in [-0.3, -0.25) is 5.10 Å². The third kappa shape index (κ3) is 2.86. The Balaban J connectivity index is 2.01. The largest absolute Gasteiger partial charge is 0.392 e. The minimum Gasteiger partial charge on any atom is -0.392 e. The fourth-order valence-corrected chi connectivity index (χ4v) is 2.32. The standard InChI is InChI=1S/C14H15ClN6O2/c1-21(2)14(23)19-11-5-16-20-12(11)13-17-9-3-7(6-22)8(15)4-10(9)18-13/h3-5,22H,6H2,1-2H3,(H,16,20)(H,17,18)(H,19,23). The molecule has 0 saturated heterocycles. The van der Waals surface area contributed by atoms with Gasteiger partial charge in [0.05, 0.1) is 23.3 Å². The molecule has 0 bridgehead atoms. The molecule has 9 heteroatoms. The molecule has 0 saturated carbocycles. The predicted molar refractivity (Wildman–Crippen MR) is 87.3 cm³/mol. The number of anilines is 1. The average molecular weight is 335 g/mol. The third-order valence-electron chi connectivity index (χ3n) is 3.33. The van der Waals surface area contributed by atoms with Crippen LogP contribution in [0.15, 0.2) is 18.3 Å². The van der Waals surface area contributed by atoms with Crippen LogP contribution in [0.25, 0.3) is 22.6 Å². The Morgan fingerprint density at radius 2 is 2.22 bits per heavy atom. The van der Waals surface area contributed by atoms with Crippen LogP contribution in [0.2, 0.25) is 5.02 Å². The highest BCUT2D eigenvalue weighted by Gasteiger charge is 2.16. The van der Waals surface area contributed by atoms with Crippen LogP contribution in [0.4, 0.5) is 10.5 Å². The second-order valence-electron chi connectivity index (χ2n) is 5.18. The van der Waals surface area contributed by atoms with Crippen molar-refractivity contribution in [3.8, 4) is 11.5 Å². The summed E-state index contributed by atoms with van der Waals surface area (Å²) < 4.78 is 0. The predicted octanol–water partition coefficient (Wildman–Crippen LogP) is 2.19. The number of nitrogens with zero attached hydrogens (tertiary/aromatic N) is 3. The van der Waals surface area contributed by atoms with Gasteiger partial charge in [-0.1, -0.05) is 11.6 Å². The zero-order chi connectivity index (χ0) is 16.6. The van der Waals surface area contributed by atoms with Gasteiger partial charge < -0.3 is 20.3 Å². The Morgan fingerprint density at radius 3 is 2.91 bits per heavy atom. The molecule has 0 atom stereocenters. The van der Waals surface area contributed by atoms with Gasteiger partial charge in [-0.25, -0.2) is 9.78 Å². The average Bonchev–Trinajstić information content (AvgIpc) is 3.11. The summed E-state index contributed by atoms with van der Waals surface area (Å²) in [5, 5.41) is 19.3. The van der Waals surface area contributed by atoms with Gasteiger partial charge in [0.15, 0.2) is 11.5 Å². The molecule has 23 heavy (non-hydrogen) atoms. The van der Waals surface area contributed by atoms with Crippen LogP contribution in [0, 0.1) is 0 Å². The van der Waals surface area contributed by atoms with Crippen molar-refractivity contribution in [2.75, 3.05) is 19.4 Å².